The van der Waals surface area contributed by atoms with Crippen LogP contribution in [0.2, 0.25) is 0 Å². The SMILES string of the molecule is CCCC(O)c1cccc(OC[C@@H]2[C@@H](C/C=C\CCCC(=O)OCC)[C@H](Cl)C[C@H]2O)c1. The lowest BCUT2D eigenvalue weighted by Gasteiger charge is -2.23. The number of carbonyl (C=O) groups is 1. The fourth-order valence-electron chi connectivity index (χ4n) is 4.10. The summed E-state index contributed by atoms with van der Waals surface area (Å²) in [5.41, 5.74) is 0.851. The van der Waals surface area contributed by atoms with E-state index in [0.29, 0.717) is 38.2 Å². The van der Waals surface area contributed by atoms with E-state index < -0.39 is 12.2 Å². The molecule has 0 aliphatic heterocycles. The second kappa shape index (κ2) is 13.8. The topological polar surface area (TPSA) is 76.0 Å². The van der Waals surface area contributed by atoms with Gasteiger partial charge in [-0.1, -0.05) is 37.6 Å². The van der Waals surface area contributed by atoms with Crippen LogP contribution in [0.15, 0.2) is 36.4 Å². The molecule has 1 aliphatic carbocycles. The highest BCUT2D eigenvalue weighted by Crippen LogP contribution is 2.39. The molecule has 31 heavy (non-hydrogen) atoms. The van der Waals surface area contributed by atoms with Crippen molar-refractivity contribution in [3.8, 4) is 5.75 Å². The third-order valence-electron chi connectivity index (χ3n) is 5.85. The summed E-state index contributed by atoms with van der Waals surface area (Å²) < 4.78 is 10.9. The molecular formula is C25H37ClO5. The molecule has 2 rings (SSSR count). The van der Waals surface area contributed by atoms with Crippen molar-refractivity contribution in [1.82, 2.24) is 0 Å². The number of alkyl halides is 1. The van der Waals surface area contributed by atoms with Gasteiger partial charge in [0.2, 0.25) is 0 Å². The number of hydrogen-bond acceptors (Lipinski definition) is 5. The molecule has 1 saturated carbocycles. The van der Waals surface area contributed by atoms with Gasteiger partial charge in [0, 0.05) is 17.7 Å². The fourth-order valence-corrected chi connectivity index (χ4v) is 4.58. The number of rotatable bonds is 13. The standard InChI is InChI=1S/C25H37ClO5/c1-3-10-23(27)18-11-9-12-19(15-18)31-17-21-20(22(26)16-24(21)28)13-7-5-6-8-14-25(29)30-4-2/h5,7,9,11-12,15,20-24,27-28H,3-4,6,8,10,13-14,16-17H2,1-2H3/b7-5-/t20-,21-,22-,23?,24-/m1/s1. The maximum atomic E-state index is 11.4. The molecule has 6 heteroatoms. The summed E-state index contributed by atoms with van der Waals surface area (Å²) in [6.45, 7) is 4.66. The third kappa shape index (κ3) is 8.47. The molecule has 2 N–H and O–H groups in total. The van der Waals surface area contributed by atoms with Gasteiger partial charge in [-0.2, -0.15) is 0 Å². The molecule has 0 aromatic heterocycles. The van der Waals surface area contributed by atoms with E-state index in [2.05, 4.69) is 12.2 Å². The molecule has 0 amide bonds. The summed E-state index contributed by atoms with van der Waals surface area (Å²) in [4.78, 5) is 11.4. The van der Waals surface area contributed by atoms with Gasteiger partial charge < -0.3 is 19.7 Å². The Labute approximate surface area is 191 Å². The second-order valence-corrected chi connectivity index (χ2v) is 8.80. The summed E-state index contributed by atoms with van der Waals surface area (Å²) >= 11 is 6.52. The Kier molecular flexibility index (Phi) is 11.4. The number of carbonyl (C=O) groups excluding carboxylic acids is 1. The van der Waals surface area contributed by atoms with Crippen molar-refractivity contribution in [1.29, 1.82) is 0 Å². The Morgan fingerprint density at radius 2 is 2.10 bits per heavy atom. The second-order valence-electron chi connectivity index (χ2n) is 8.24. The zero-order valence-corrected chi connectivity index (χ0v) is 19.5. The Morgan fingerprint density at radius 1 is 1.29 bits per heavy atom. The van der Waals surface area contributed by atoms with Crippen molar-refractivity contribution in [3.05, 3.63) is 42.0 Å². The molecule has 0 radical (unpaired) electrons. The number of aliphatic hydroxyl groups is 2. The normalized spacial score (nSPS) is 24.4. The number of hydrogen-bond donors (Lipinski definition) is 2. The lowest BCUT2D eigenvalue weighted by atomic mass is 9.92. The number of unbranched alkanes of at least 4 members (excludes halogenated alkanes) is 1. The Hall–Kier alpha value is -1.56. The van der Waals surface area contributed by atoms with Gasteiger partial charge in [-0.05, 0) is 62.6 Å². The number of benzene rings is 1. The summed E-state index contributed by atoms with van der Waals surface area (Å²) in [6.07, 6.45) is 8.17. The van der Waals surface area contributed by atoms with Crippen LogP contribution in [-0.2, 0) is 9.53 Å². The van der Waals surface area contributed by atoms with E-state index in [9.17, 15) is 15.0 Å². The van der Waals surface area contributed by atoms with Crippen molar-refractivity contribution in [2.45, 2.75) is 76.4 Å². The van der Waals surface area contributed by atoms with E-state index in [1.807, 2.05) is 38.1 Å². The van der Waals surface area contributed by atoms with Gasteiger partial charge in [0.25, 0.3) is 0 Å². The minimum atomic E-state index is -0.487. The Bertz CT molecular complexity index is 692. The van der Waals surface area contributed by atoms with Crippen molar-refractivity contribution in [2.24, 2.45) is 11.8 Å². The first-order valence-electron chi connectivity index (χ1n) is 11.5. The van der Waals surface area contributed by atoms with Gasteiger partial charge in [0.1, 0.15) is 5.75 Å². The zero-order chi connectivity index (χ0) is 22.6. The van der Waals surface area contributed by atoms with Crippen LogP contribution in [0.4, 0.5) is 0 Å². The molecule has 0 bridgehead atoms. The van der Waals surface area contributed by atoms with E-state index >= 15 is 0 Å². The number of esters is 1. The first-order valence-corrected chi connectivity index (χ1v) is 11.9. The zero-order valence-electron chi connectivity index (χ0n) is 18.7. The molecule has 1 fully saturated rings. The molecule has 0 heterocycles. The van der Waals surface area contributed by atoms with Crippen LogP contribution < -0.4 is 4.74 Å². The molecule has 1 aromatic rings. The highest BCUT2D eigenvalue weighted by molar-refractivity contribution is 6.21. The van der Waals surface area contributed by atoms with Crippen LogP contribution in [-0.4, -0.2) is 40.9 Å². The van der Waals surface area contributed by atoms with Crippen molar-refractivity contribution < 1.29 is 24.5 Å². The first-order chi connectivity index (χ1) is 15.0. The average Bonchev–Trinajstić information content (AvgIpc) is 3.02. The minimum absolute atomic E-state index is 0.0455. The molecule has 1 unspecified atom stereocenters. The predicted octanol–water partition coefficient (Wildman–Crippen LogP) is 5.18. The Morgan fingerprint density at radius 3 is 2.84 bits per heavy atom. The number of ether oxygens (including phenoxy) is 2. The average molecular weight is 453 g/mol. The van der Waals surface area contributed by atoms with Crippen LogP contribution in [0.5, 0.6) is 5.75 Å². The third-order valence-corrected chi connectivity index (χ3v) is 6.36. The van der Waals surface area contributed by atoms with Gasteiger partial charge in [-0.15, -0.1) is 11.6 Å². The van der Waals surface area contributed by atoms with Crippen LogP contribution in [0.3, 0.4) is 0 Å². The summed E-state index contributed by atoms with van der Waals surface area (Å²) in [5.74, 6) is 0.632. The quantitative estimate of drug-likeness (QED) is 0.186. The largest absolute Gasteiger partial charge is 0.493 e. The van der Waals surface area contributed by atoms with Crippen molar-refractivity contribution >= 4 is 17.6 Å². The highest BCUT2D eigenvalue weighted by atomic mass is 35.5. The minimum Gasteiger partial charge on any atom is -0.493 e. The van der Waals surface area contributed by atoms with Gasteiger partial charge in [-0.3, -0.25) is 4.79 Å². The maximum absolute atomic E-state index is 11.4. The molecule has 0 spiro atoms. The van der Waals surface area contributed by atoms with Crippen LogP contribution in [0, 0.1) is 11.8 Å². The first kappa shape index (κ1) is 25.7. The smallest absolute Gasteiger partial charge is 0.305 e. The predicted molar refractivity (Wildman–Crippen MR) is 123 cm³/mol. The molecule has 1 aromatic carbocycles. The number of aliphatic hydroxyl groups excluding tert-OH is 2. The molecule has 1 aliphatic rings. The van der Waals surface area contributed by atoms with Gasteiger partial charge in [0.05, 0.1) is 25.4 Å². The lowest BCUT2D eigenvalue weighted by Crippen LogP contribution is -2.27. The van der Waals surface area contributed by atoms with Crippen molar-refractivity contribution in [2.75, 3.05) is 13.2 Å². The van der Waals surface area contributed by atoms with Gasteiger partial charge in [-0.25, -0.2) is 0 Å². The van der Waals surface area contributed by atoms with E-state index in [-0.39, 0.29) is 23.2 Å². The van der Waals surface area contributed by atoms with Crippen LogP contribution in [0.25, 0.3) is 0 Å². The lowest BCUT2D eigenvalue weighted by molar-refractivity contribution is -0.143. The van der Waals surface area contributed by atoms with E-state index in [1.54, 1.807) is 0 Å². The van der Waals surface area contributed by atoms with Gasteiger partial charge in [0.15, 0.2) is 0 Å². The summed E-state index contributed by atoms with van der Waals surface area (Å²) in [7, 11) is 0. The molecule has 174 valence electrons. The molecule has 5 atom stereocenters. The van der Waals surface area contributed by atoms with Crippen LogP contribution in [0.1, 0.15) is 70.5 Å². The van der Waals surface area contributed by atoms with Crippen LogP contribution >= 0.6 is 11.6 Å². The Balaban J connectivity index is 1.84. The van der Waals surface area contributed by atoms with E-state index in [0.717, 1.165) is 31.2 Å². The van der Waals surface area contributed by atoms with Crippen molar-refractivity contribution in [3.63, 3.8) is 0 Å². The molecule has 0 saturated heterocycles. The highest BCUT2D eigenvalue weighted by Gasteiger charge is 2.41. The monoisotopic (exact) mass is 452 g/mol. The van der Waals surface area contributed by atoms with E-state index in [1.165, 1.54) is 0 Å². The fraction of sp³-hybridized carbons (Fsp3) is 0.640. The number of halogens is 1. The molecule has 5 nitrogen and oxygen atoms in total. The molecular weight excluding hydrogens is 416 g/mol. The van der Waals surface area contributed by atoms with Gasteiger partial charge >= 0.3 is 5.97 Å². The summed E-state index contributed by atoms with van der Waals surface area (Å²) in [6, 6.07) is 7.54. The summed E-state index contributed by atoms with van der Waals surface area (Å²) in [5, 5.41) is 20.6. The number of allylic oxidation sites excluding steroid dienone is 2. The van der Waals surface area contributed by atoms with E-state index in [4.69, 9.17) is 21.1 Å². The maximum Gasteiger partial charge on any atom is 0.305 e.